The van der Waals surface area contributed by atoms with E-state index in [-0.39, 0.29) is 12.4 Å². The summed E-state index contributed by atoms with van der Waals surface area (Å²) in [6.07, 6.45) is 0. The highest BCUT2D eigenvalue weighted by Crippen LogP contribution is 2.30. The number of rotatable bonds is 4. The van der Waals surface area contributed by atoms with Gasteiger partial charge in [0, 0.05) is 5.92 Å². The minimum absolute atomic E-state index is 0.198. The molecule has 0 fully saturated rings. The first-order valence-electron chi connectivity index (χ1n) is 5.96. The van der Waals surface area contributed by atoms with Crippen molar-refractivity contribution in [3.63, 3.8) is 0 Å². The van der Waals surface area contributed by atoms with Crippen molar-refractivity contribution in [1.82, 2.24) is 0 Å². The number of carbonyl (C=O) groups excluding carboxylic acids is 1. The Kier molecular flexibility index (Phi) is 4.46. The summed E-state index contributed by atoms with van der Waals surface area (Å²) in [6.45, 7) is 6.58. The van der Waals surface area contributed by atoms with E-state index in [9.17, 15) is 14.3 Å². The molecule has 1 aromatic carbocycles. The number of aryl methyl sites for hydroxylation is 1. The maximum atomic E-state index is 13.5. The van der Waals surface area contributed by atoms with E-state index in [1.165, 1.54) is 13.0 Å². The molecule has 2 atom stereocenters. The van der Waals surface area contributed by atoms with Crippen LogP contribution in [0.3, 0.4) is 0 Å². The van der Waals surface area contributed by atoms with Crippen LogP contribution >= 0.6 is 0 Å². The van der Waals surface area contributed by atoms with Crippen molar-refractivity contribution in [3.8, 4) is 0 Å². The van der Waals surface area contributed by atoms with Crippen molar-refractivity contribution in [2.75, 3.05) is 6.61 Å². The largest absolute Gasteiger partial charge is 0.464 e. The van der Waals surface area contributed by atoms with E-state index in [0.717, 1.165) is 0 Å². The molecule has 1 N–H and O–H groups in total. The molecule has 0 bridgehead atoms. The number of halogens is 1. The Hall–Kier alpha value is -1.42. The minimum Gasteiger partial charge on any atom is -0.464 e. The van der Waals surface area contributed by atoms with Gasteiger partial charge < -0.3 is 9.84 Å². The summed E-state index contributed by atoms with van der Waals surface area (Å²) in [6, 6.07) is 4.67. The molecule has 100 valence electrons. The van der Waals surface area contributed by atoms with E-state index >= 15 is 0 Å². The molecule has 0 amide bonds. The van der Waals surface area contributed by atoms with E-state index in [1.54, 1.807) is 32.9 Å². The fourth-order valence-corrected chi connectivity index (χ4v) is 1.66. The maximum Gasteiger partial charge on any atom is 0.338 e. The second-order valence-electron chi connectivity index (χ2n) is 4.60. The second-order valence-corrected chi connectivity index (χ2v) is 4.60. The summed E-state index contributed by atoms with van der Waals surface area (Å²) in [4.78, 5) is 11.7. The van der Waals surface area contributed by atoms with Crippen molar-refractivity contribution < 1.29 is 19.0 Å². The number of hydrogen-bond donors (Lipinski definition) is 1. The molecular formula is C14H19FO3. The van der Waals surface area contributed by atoms with Gasteiger partial charge in [0.2, 0.25) is 0 Å². The monoisotopic (exact) mass is 254 g/mol. The zero-order valence-corrected chi connectivity index (χ0v) is 11.2. The van der Waals surface area contributed by atoms with Gasteiger partial charge in [-0.1, -0.05) is 19.1 Å². The van der Waals surface area contributed by atoms with Crippen LogP contribution in [0.4, 0.5) is 4.39 Å². The van der Waals surface area contributed by atoms with Gasteiger partial charge in [0.1, 0.15) is 5.82 Å². The average Bonchev–Trinajstić information content (AvgIpc) is 2.32. The van der Waals surface area contributed by atoms with Crippen molar-refractivity contribution in [1.29, 1.82) is 0 Å². The van der Waals surface area contributed by atoms with Gasteiger partial charge >= 0.3 is 5.97 Å². The normalized spacial score (nSPS) is 15.9. The first kappa shape index (κ1) is 14.6. The number of carbonyl (C=O) groups is 1. The Bertz CT molecular complexity index is 441. The summed E-state index contributed by atoms with van der Waals surface area (Å²) in [7, 11) is 0. The van der Waals surface area contributed by atoms with Crippen molar-refractivity contribution in [2.24, 2.45) is 0 Å². The van der Waals surface area contributed by atoms with Crippen LogP contribution in [0.5, 0.6) is 0 Å². The van der Waals surface area contributed by atoms with Crippen molar-refractivity contribution >= 4 is 5.97 Å². The highest BCUT2D eigenvalue weighted by molar-refractivity contribution is 5.80. The molecule has 18 heavy (non-hydrogen) atoms. The lowest BCUT2D eigenvalue weighted by molar-refractivity contribution is -0.165. The molecule has 0 heterocycles. The SMILES string of the molecule is CCOC(=O)C(C)(O)C(C)c1ccc(C)c(F)c1. The number of benzene rings is 1. The zero-order chi connectivity index (χ0) is 13.9. The lowest BCUT2D eigenvalue weighted by Crippen LogP contribution is -2.41. The number of ether oxygens (including phenoxy) is 1. The van der Waals surface area contributed by atoms with Gasteiger partial charge in [-0.05, 0) is 38.0 Å². The van der Waals surface area contributed by atoms with E-state index in [4.69, 9.17) is 4.74 Å². The van der Waals surface area contributed by atoms with Crippen LogP contribution in [-0.4, -0.2) is 23.3 Å². The average molecular weight is 254 g/mol. The van der Waals surface area contributed by atoms with Crippen molar-refractivity contribution in [3.05, 3.63) is 35.1 Å². The third-order valence-corrected chi connectivity index (χ3v) is 3.23. The smallest absolute Gasteiger partial charge is 0.338 e. The van der Waals surface area contributed by atoms with Crippen LogP contribution in [-0.2, 0) is 9.53 Å². The van der Waals surface area contributed by atoms with Crippen LogP contribution in [0.15, 0.2) is 18.2 Å². The molecule has 0 saturated carbocycles. The molecule has 0 aromatic heterocycles. The zero-order valence-electron chi connectivity index (χ0n) is 11.2. The Labute approximate surface area is 107 Å². The molecule has 2 unspecified atom stereocenters. The van der Waals surface area contributed by atoms with Gasteiger partial charge in [-0.2, -0.15) is 0 Å². The first-order valence-corrected chi connectivity index (χ1v) is 5.96. The summed E-state index contributed by atoms with van der Waals surface area (Å²) in [5.41, 5.74) is -0.574. The van der Waals surface area contributed by atoms with E-state index in [0.29, 0.717) is 11.1 Å². The van der Waals surface area contributed by atoms with Gasteiger partial charge in [0.25, 0.3) is 0 Å². The highest BCUT2D eigenvalue weighted by atomic mass is 19.1. The van der Waals surface area contributed by atoms with Crippen molar-refractivity contribution in [2.45, 2.75) is 39.2 Å². The minimum atomic E-state index is -1.67. The van der Waals surface area contributed by atoms with E-state index in [2.05, 4.69) is 0 Å². The quantitative estimate of drug-likeness (QED) is 0.840. The molecule has 3 nitrogen and oxygen atoms in total. The fraction of sp³-hybridized carbons (Fsp3) is 0.500. The number of aliphatic hydroxyl groups is 1. The Morgan fingerprint density at radius 1 is 1.56 bits per heavy atom. The molecule has 0 saturated heterocycles. The topological polar surface area (TPSA) is 46.5 Å². The molecule has 0 aliphatic carbocycles. The lowest BCUT2D eigenvalue weighted by Gasteiger charge is -2.28. The van der Waals surface area contributed by atoms with Crippen LogP contribution < -0.4 is 0 Å². The van der Waals surface area contributed by atoms with Crippen LogP contribution in [0.2, 0.25) is 0 Å². The number of esters is 1. The summed E-state index contributed by atoms with van der Waals surface area (Å²) < 4.78 is 18.3. The maximum absolute atomic E-state index is 13.5. The van der Waals surface area contributed by atoms with Crippen LogP contribution in [0.1, 0.15) is 37.8 Å². The van der Waals surface area contributed by atoms with Gasteiger partial charge in [0.05, 0.1) is 6.61 Å². The van der Waals surface area contributed by atoms with E-state index in [1.807, 2.05) is 0 Å². The summed E-state index contributed by atoms with van der Waals surface area (Å²) in [5.74, 6) is -1.59. The predicted molar refractivity (Wildman–Crippen MR) is 66.8 cm³/mol. The molecule has 1 rings (SSSR count). The van der Waals surface area contributed by atoms with Gasteiger partial charge in [-0.3, -0.25) is 0 Å². The molecule has 0 aliphatic heterocycles. The third kappa shape index (κ3) is 2.88. The van der Waals surface area contributed by atoms with Gasteiger partial charge in [-0.25, -0.2) is 9.18 Å². The highest BCUT2D eigenvalue weighted by Gasteiger charge is 2.39. The molecule has 4 heteroatoms. The van der Waals surface area contributed by atoms with Gasteiger partial charge in [-0.15, -0.1) is 0 Å². The molecule has 0 radical (unpaired) electrons. The summed E-state index contributed by atoms with van der Waals surface area (Å²) >= 11 is 0. The van der Waals surface area contributed by atoms with E-state index < -0.39 is 17.5 Å². The lowest BCUT2D eigenvalue weighted by atomic mass is 9.84. The van der Waals surface area contributed by atoms with Gasteiger partial charge in [0.15, 0.2) is 5.60 Å². The van der Waals surface area contributed by atoms with Crippen LogP contribution in [0.25, 0.3) is 0 Å². The first-order chi connectivity index (χ1) is 8.30. The Morgan fingerprint density at radius 2 is 2.17 bits per heavy atom. The Morgan fingerprint density at radius 3 is 2.67 bits per heavy atom. The summed E-state index contributed by atoms with van der Waals surface area (Å²) in [5, 5.41) is 10.2. The fourth-order valence-electron chi connectivity index (χ4n) is 1.66. The standard InChI is InChI=1S/C14H19FO3/c1-5-18-13(16)14(4,17)10(3)11-7-6-9(2)12(15)8-11/h6-8,10,17H,5H2,1-4H3. The number of hydrogen-bond acceptors (Lipinski definition) is 3. The predicted octanol–water partition coefficient (Wildman–Crippen LogP) is 2.55. The Balaban J connectivity index is 3.01. The third-order valence-electron chi connectivity index (χ3n) is 3.23. The molecular weight excluding hydrogens is 235 g/mol. The molecule has 0 aliphatic rings. The second kappa shape index (κ2) is 5.48. The molecule has 1 aromatic rings. The van der Waals surface area contributed by atoms with Crippen LogP contribution in [0, 0.1) is 12.7 Å². The molecule has 0 spiro atoms.